The highest BCUT2D eigenvalue weighted by Crippen LogP contribution is 2.16. The molecule has 0 aliphatic rings. The van der Waals surface area contributed by atoms with Gasteiger partial charge in [-0.15, -0.1) is 0 Å². The maximum atomic E-state index is 11.4. The van der Waals surface area contributed by atoms with E-state index in [0.29, 0.717) is 5.56 Å². The van der Waals surface area contributed by atoms with Gasteiger partial charge in [-0.2, -0.15) is 0 Å². The zero-order valence-electron chi connectivity index (χ0n) is 8.05. The molecule has 74 valence electrons. The number of aliphatic hydroxyl groups excluding tert-OH is 1. The summed E-state index contributed by atoms with van der Waals surface area (Å²) < 4.78 is 0. The van der Waals surface area contributed by atoms with Crippen molar-refractivity contribution in [2.75, 3.05) is 0 Å². The lowest BCUT2D eigenvalue weighted by Crippen LogP contribution is -1.93. The number of benzene rings is 2. The molecule has 0 unspecified atom stereocenters. The van der Waals surface area contributed by atoms with E-state index < -0.39 is 0 Å². The van der Waals surface area contributed by atoms with Crippen LogP contribution in [0.2, 0.25) is 0 Å². The molecular weight excluding hydrogens is 188 g/mol. The molecule has 0 amide bonds. The largest absolute Gasteiger partial charge is 0.515 e. The Hall–Kier alpha value is -2.09. The van der Waals surface area contributed by atoms with Crippen molar-refractivity contribution in [1.82, 2.24) is 0 Å². The molecule has 0 atom stereocenters. The Labute approximate surface area is 87.5 Å². The van der Waals surface area contributed by atoms with Gasteiger partial charge in [0.25, 0.3) is 0 Å². The number of fused-ring (bicyclic) bond motifs is 1. The summed E-state index contributed by atoms with van der Waals surface area (Å²) in [6, 6.07) is 13.3. The standard InChI is InChI=1S/C13H10O2/c14-8-7-13(15)12-6-5-10-3-1-2-4-11(10)9-12/h1-9,14H/b8-7+. The highest BCUT2D eigenvalue weighted by Gasteiger charge is 2.02. The molecule has 1 N–H and O–H groups in total. The molecule has 0 aliphatic carbocycles. The molecule has 0 bridgehead atoms. The molecule has 0 spiro atoms. The average Bonchev–Trinajstić information content (AvgIpc) is 2.29. The van der Waals surface area contributed by atoms with Gasteiger partial charge >= 0.3 is 0 Å². The lowest BCUT2D eigenvalue weighted by Gasteiger charge is -1.99. The van der Waals surface area contributed by atoms with Crippen molar-refractivity contribution >= 4 is 16.6 Å². The molecule has 2 aromatic rings. The maximum Gasteiger partial charge on any atom is 0.188 e. The molecule has 0 heterocycles. The summed E-state index contributed by atoms with van der Waals surface area (Å²) in [6.07, 6.45) is 1.90. The molecule has 0 aromatic heterocycles. The van der Waals surface area contributed by atoms with Crippen LogP contribution in [0, 0.1) is 0 Å². The quantitative estimate of drug-likeness (QED) is 0.457. The van der Waals surface area contributed by atoms with Crippen molar-refractivity contribution in [2.24, 2.45) is 0 Å². The summed E-state index contributed by atoms with van der Waals surface area (Å²) in [7, 11) is 0. The highest BCUT2D eigenvalue weighted by molar-refractivity contribution is 6.06. The first-order valence-electron chi connectivity index (χ1n) is 4.65. The van der Waals surface area contributed by atoms with Gasteiger partial charge in [0.1, 0.15) is 0 Å². The number of hydrogen-bond acceptors (Lipinski definition) is 2. The molecule has 15 heavy (non-hydrogen) atoms. The Morgan fingerprint density at radius 2 is 1.80 bits per heavy atom. The van der Waals surface area contributed by atoms with Crippen LogP contribution in [-0.4, -0.2) is 10.9 Å². The highest BCUT2D eigenvalue weighted by atomic mass is 16.2. The monoisotopic (exact) mass is 198 g/mol. The minimum absolute atomic E-state index is 0.191. The van der Waals surface area contributed by atoms with Gasteiger partial charge in [0.05, 0.1) is 6.26 Å². The first kappa shape index (κ1) is 9.46. The molecule has 2 rings (SSSR count). The Bertz CT molecular complexity index is 527. The number of rotatable bonds is 2. The molecule has 0 radical (unpaired) electrons. The Morgan fingerprint density at radius 1 is 1.07 bits per heavy atom. The lowest BCUT2D eigenvalue weighted by atomic mass is 10.0. The van der Waals surface area contributed by atoms with Gasteiger partial charge in [-0.3, -0.25) is 4.79 Å². The van der Waals surface area contributed by atoms with Crippen LogP contribution in [0.25, 0.3) is 10.8 Å². The van der Waals surface area contributed by atoms with Crippen molar-refractivity contribution in [3.63, 3.8) is 0 Å². The van der Waals surface area contributed by atoms with Gasteiger partial charge < -0.3 is 5.11 Å². The molecule has 2 aromatic carbocycles. The Kier molecular flexibility index (Phi) is 2.50. The number of carbonyl (C=O) groups is 1. The SMILES string of the molecule is O=C(/C=C/O)c1ccc2ccccc2c1. The van der Waals surface area contributed by atoms with Gasteiger partial charge in [-0.1, -0.05) is 36.4 Å². The molecule has 2 nitrogen and oxygen atoms in total. The fourth-order valence-electron chi connectivity index (χ4n) is 1.51. The summed E-state index contributed by atoms with van der Waals surface area (Å²) in [5, 5.41) is 10.6. The third-order valence-electron chi connectivity index (χ3n) is 2.26. The van der Waals surface area contributed by atoms with Crippen LogP contribution in [0.5, 0.6) is 0 Å². The van der Waals surface area contributed by atoms with Gasteiger partial charge in [0.2, 0.25) is 0 Å². The van der Waals surface area contributed by atoms with E-state index >= 15 is 0 Å². The van der Waals surface area contributed by atoms with E-state index in [0.717, 1.165) is 23.1 Å². The summed E-state index contributed by atoms with van der Waals surface area (Å²) in [4.78, 5) is 11.4. The van der Waals surface area contributed by atoms with E-state index in [1.807, 2.05) is 36.4 Å². The minimum atomic E-state index is -0.191. The summed E-state index contributed by atoms with van der Waals surface area (Å²) in [5.74, 6) is -0.191. The summed E-state index contributed by atoms with van der Waals surface area (Å²) in [5.41, 5.74) is 0.582. The van der Waals surface area contributed by atoms with Crippen LogP contribution in [0.4, 0.5) is 0 Å². The molecular formula is C13H10O2. The van der Waals surface area contributed by atoms with Gasteiger partial charge in [0, 0.05) is 11.6 Å². The van der Waals surface area contributed by atoms with E-state index in [1.165, 1.54) is 0 Å². The minimum Gasteiger partial charge on any atom is -0.515 e. The second-order valence-corrected chi connectivity index (χ2v) is 3.24. The van der Waals surface area contributed by atoms with Gasteiger partial charge in [0.15, 0.2) is 5.78 Å². The van der Waals surface area contributed by atoms with Crippen molar-refractivity contribution in [3.05, 3.63) is 60.4 Å². The van der Waals surface area contributed by atoms with Gasteiger partial charge in [-0.25, -0.2) is 0 Å². The number of hydrogen-bond donors (Lipinski definition) is 1. The van der Waals surface area contributed by atoms with Crippen molar-refractivity contribution in [3.8, 4) is 0 Å². The Balaban J connectivity index is 2.51. The lowest BCUT2D eigenvalue weighted by molar-refractivity contribution is 0.104. The normalized spacial score (nSPS) is 10.9. The predicted molar refractivity (Wildman–Crippen MR) is 60.0 cm³/mol. The second kappa shape index (κ2) is 3.96. The van der Waals surface area contributed by atoms with Crippen LogP contribution in [0.3, 0.4) is 0 Å². The number of carbonyl (C=O) groups excluding carboxylic acids is 1. The molecule has 0 saturated heterocycles. The van der Waals surface area contributed by atoms with Crippen LogP contribution in [0.1, 0.15) is 10.4 Å². The van der Waals surface area contributed by atoms with Crippen LogP contribution in [-0.2, 0) is 0 Å². The second-order valence-electron chi connectivity index (χ2n) is 3.24. The zero-order chi connectivity index (χ0) is 10.7. The molecule has 0 fully saturated rings. The molecule has 0 aliphatic heterocycles. The predicted octanol–water partition coefficient (Wildman–Crippen LogP) is 3.09. The number of ketones is 1. The topological polar surface area (TPSA) is 37.3 Å². The van der Waals surface area contributed by atoms with E-state index in [9.17, 15) is 4.79 Å². The van der Waals surface area contributed by atoms with E-state index in [-0.39, 0.29) is 5.78 Å². The first-order chi connectivity index (χ1) is 7.31. The summed E-state index contributed by atoms with van der Waals surface area (Å²) in [6.45, 7) is 0. The fourth-order valence-corrected chi connectivity index (χ4v) is 1.51. The maximum absolute atomic E-state index is 11.4. The third kappa shape index (κ3) is 1.89. The zero-order valence-corrected chi connectivity index (χ0v) is 8.05. The van der Waals surface area contributed by atoms with Crippen LogP contribution >= 0.6 is 0 Å². The third-order valence-corrected chi connectivity index (χ3v) is 2.26. The van der Waals surface area contributed by atoms with E-state index in [4.69, 9.17) is 5.11 Å². The Morgan fingerprint density at radius 3 is 2.53 bits per heavy atom. The van der Waals surface area contributed by atoms with Crippen LogP contribution < -0.4 is 0 Å². The number of allylic oxidation sites excluding steroid dienone is 1. The number of aliphatic hydroxyl groups is 1. The van der Waals surface area contributed by atoms with Crippen molar-refractivity contribution in [1.29, 1.82) is 0 Å². The smallest absolute Gasteiger partial charge is 0.188 e. The first-order valence-corrected chi connectivity index (χ1v) is 4.65. The fraction of sp³-hybridized carbons (Fsp3) is 0. The van der Waals surface area contributed by atoms with Gasteiger partial charge in [-0.05, 0) is 16.8 Å². The van der Waals surface area contributed by atoms with E-state index in [1.54, 1.807) is 6.07 Å². The summed E-state index contributed by atoms with van der Waals surface area (Å²) >= 11 is 0. The average molecular weight is 198 g/mol. The van der Waals surface area contributed by atoms with Crippen molar-refractivity contribution < 1.29 is 9.90 Å². The van der Waals surface area contributed by atoms with Crippen molar-refractivity contribution in [2.45, 2.75) is 0 Å². The molecule has 2 heteroatoms. The molecule has 0 saturated carbocycles. The van der Waals surface area contributed by atoms with Crippen LogP contribution in [0.15, 0.2) is 54.8 Å². The van der Waals surface area contributed by atoms with E-state index in [2.05, 4.69) is 0 Å².